The van der Waals surface area contributed by atoms with E-state index in [9.17, 15) is 0 Å². The molecule has 29 heavy (non-hydrogen) atoms. The van der Waals surface area contributed by atoms with Gasteiger partial charge in [0.2, 0.25) is 0 Å². The van der Waals surface area contributed by atoms with Crippen LogP contribution in [0, 0.1) is 0 Å². The maximum absolute atomic E-state index is 6.50. The van der Waals surface area contributed by atoms with Gasteiger partial charge in [0.1, 0.15) is 11.5 Å². The molecular weight excluding hydrogens is 352 g/mol. The zero-order valence-electron chi connectivity index (χ0n) is 15.8. The molecule has 0 aromatic heterocycles. The van der Waals surface area contributed by atoms with Crippen LogP contribution in [0.4, 0.5) is 0 Å². The quantitative estimate of drug-likeness (QED) is 0.280. The van der Waals surface area contributed by atoms with Crippen molar-refractivity contribution < 1.29 is 4.74 Å². The molecule has 0 N–H and O–H groups in total. The average Bonchev–Trinajstić information content (AvgIpc) is 2.79. The third-order valence-electron chi connectivity index (χ3n) is 5.71. The second-order valence-electron chi connectivity index (χ2n) is 7.38. The van der Waals surface area contributed by atoms with Crippen molar-refractivity contribution in [3.63, 3.8) is 0 Å². The lowest BCUT2D eigenvalue weighted by molar-refractivity contribution is 0.494. The van der Waals surface area contributed by atoms with E-state index in [1.165, 1.54) is 32.3 Å². The van der Waals surface area contributed by atoms with Crippen LogP contribution in [-0.4, -0.2) is 0 Å². The Morgan fingerprint density at radius 2 is 0.759 bits per heavy atom. The van der Waals surface area contributed by atoms with Gasteiger partial charge in [-0.25, -0.2) is 0 Å². The summed E-state index contributed by atoms with van der Waals surface area (Å²) in [6.07, 6.45) is 0. The molecule has 0 saturated carbocycles. The Balaban J connectivity index is 1.56. The van der Waals surface area contributed by atoms with Crippen molar-refractivity contribution in [1.82, 2.24) is 0 Å². The molecule has 136 valence electrons. The molecule has 0 heterocycles. The predicted octanol–water partition coefficient (Wildman–Crippen LogP) is 8.09. The molecule has 0 aliphatic carbocycles. The first-order valence-electron chi connectivity index (χ1n) is 9.87. The molecule has 0 radical (unpaired) electrons. The van der Waals surface area contributed by atoms with Gasteiger partial charge in [-0.3, -0.25) is 0 Å². The van der Waals surface area contributed by atoms with Gasteiger partial charge >= 0.3 is 0 Å². The second-order valence-corrected chi connectivity index (χ2v) is 7.38. The molecule has 0 atom stereocenters. The van der Waals surface area contributed by atoms with Crippen LogP contribution in [0.1, 0.15) is 0 Å². The van der Waals surface area contributed by atoms with Crippen molar-refractivity contribution in [3.05, 3.63) is 109 Å². The van der Waals surface area contributed by atoms with E-state index < -0.39 is 0 Å². The minimum Gasteiger partial charge on any atom is -0.456 e. The van der Waals surface area contributed by atoms with E-state index in [1.807, 2.05) is 0 Å². The Labute approximate surface area is 168 Å². The molecule has 0 unspecified atom stereocenters. The van der Waals surface area contributed by atoms with E-state index in [-0.39, 0.29) is 0 Å². The highest BCUT2D eigenvalue weighted by Crippen LogP contribution is 2.38. The van der Waals surface area contributed by atoms with Crippen molar-refractivity contribution in [2.75, 3.05) is 0 Å². The van der Waals surface area contributed by atoms with Gasteiger partial charge in [0.05, 0.1) is 0 Å². The molecule has 6 rings (SSSR count). The molecule has 1 heteroatoms. The molecular formula is C28H18O. The molecule has 6 aromatic rings. The fourth-order valence-corrected chi connectivity index (χ4v) is 4.32. The van der Waals surface area contributed by atoms with E-state index >= 15 is 0 Å². The molecule has 0 amide bonds. The fraction of sp³-hybridized carbons (Fsp3) is 0. The first-order valence-corrected chi connectivity index (χ1v) is 9.87. The molecule has 0 bridgehead atoms. The van der Waals surface area contributed by atoms with Crippen LogP contribution in [0.5, 0.6) is 11.5 Å². The summed E-state index contributed by atoms with van der Waals surface area (Å²) in [7, 11) is 0. The zero-order valence-corrected chi connectivity index (χ0v) is 15.8. The minimum atomic E-state index is 0.883. The fourth-order valence-electron chi connectivity index (χ4n) is 4.32. The highest BCUT2D eigenvalue weighted by molar-refractivity contribution is 6.11. The summed E-state index contributed by atoms with van der Waals surface area (Å²) < 4.78 is 6.50. The van der Waals surface area contributed by atoms with Crippen molar-refractivity contribution in [3.8, 4) is 11.5 Å². The van der Waals surface area contributed by atoms with Crippen LogP contribution >= 0.6 is 0 Å². The molecule has 0 fully saturated rings. The molecule has 0 aliphatic rings. The number of hydrogen-bond acceptors (Lipinski definition) is 1. The number of ether oxygens (including phenoxy) is 1. The third-order valence-corrected chi connectivity index (χ3v) is 5.71. The summed E-state index contributed by atoms with van der Waals surface area (Å²) in [5, 5.41) is 9.67. The summed E-state index contributed by atoms with van der Waals surface area (Å²) in [4.78, 5) is 0. The number of rotatable bonds is 2. The van der Waals surface area contributed by atoms with Crippen LogP contribution in [0.15, 0.2) is 109 Å². The highest BCUT2D eigenvalue weighted by atomic mass is 16.5. The topological polar surface area (TPSA) is 9.23 Å². The van der Waals surface area contributed by atoms with E-state index in [2.05, 4.69) is 109 Å². The van der Waals surface area contributed by atoms with Crippen LogP contribution in [0.25, 0.3) is 43.1 Å². The largest absolute Gasteiger partial charge is 0.456 e. The SMILES string of the molecule is c1ccc2c(c1)ccc1c(Oc3cccc4c3ccc3ccccc34)cccc12. The average molecular weight is 370 g/mol. The van der Waals surface area contributed by atoms with Gasteiger partial charge in [0.15, 0.2) is 0 Å². The highest BCUT2D eigenvalue weighted by Gasteiger charge is 2.10. The monoisotopic (exact) mass is 370 g/mol. The summed E-state index contributed by atoms with van der Waals surface area (Å²) in [6, 6.07) is 38.2. The van der Waals surface area contributed by atoms with E-state index in [4.69, 9.17) is 4.74 Å². The molecule has 0 spiro atoms. The van der Waals surface area contributed by atoms with Gasteiger partial charge in [0.25, 0.3) is 0 Å². The molecule has 6 aromatic carbocycles. The predicted molar refractivity (Wildman–Crippen MR) is 123 cm³/mol. The Bertz CT molecular complexity index is 1410. The van der Waals surface area contributed by atoms with Crippen LogP contribution < -0.4 is 4.74 Å². The van der Waals surface area contributed by atoms with E-state index in [0.717, 1.165) is 22.3 Å². The van der Waals surface area contributed by atoms with Crippen LogP contribution in [0.3, 0.4) is 0 Å². The Morgan fingerprint density at radius 1 is 0.310 bits per heavy atom. The molecule has 0 aliphatic heterocycles. The van der Waals surface area contributed by atoms with Gasteiger partial charge in [-0.1, -0.05) is 84.9 Å². The second kappa shape index (κ2) is 6.35. The Kier molecular flexibility index (Phi) is 3.54. The summed E-state index contributed by atoms with van der Waals surface area (Å²) in [5.74, 6) is 1.77. The lowest BCUT2D eigenvalue weighted by Gasteiger charge is -2.13. The smallest absolute Gasteiger partial charge is 0.135 e. The van der Waals surface area contributed by atoms with Gasteiger partial charge in [-0.2, -0.15) is 0 Å². The van der Waals surface area contributed by atoms with Crippen molar-refractivity contribution in [2.24, 2.45) is 0 Å². The number of fused-ring (bicyclic) bond motifs is 6. The third kappa shape index (κ3) is 2.55. The zero-order chi connectivity index (χ0) is 19.2. The van der Waals surface area contributed by atoms with Crippen molar-refractivity contribution in [1.29, 1.82) is 0 Å². The standard InChI is InChI=1S/C28H18O/c1-3-9-21-19(7-1)15-17-25-23(21)11-5-13-27(25)29-28-14-6-12-24-22-10-4-2-8-20(22)16-18-26(24)28/h1-18H. The Hall–Kier alpha value is -3.84. The summed E-state index contributed by atoms with van der Waals surface area (Å²) in [5.41, 5.74) is 0. The number of benzene rings is 6. The van der Waals surface area contributed by atoms with Gasteiger partial charge in [-0.15, -0.1) is 0 Å². The number of hydrogen-bond donors (Lipinski definition) is 0. The maximum atomic E-state index is 6.50. The van der Waals surface area contributed by atoms with Gasteiger partial charge in [0, 0.05) is 10.8 Å². The van der Waals surface area contributed by atoms with E-state index in [1.54, 1.807) is 0 Å². The van der Waals surface area contributed by atoms with Gasteiger partial charge in [-0.05, 0) is 56.6 Å². The Morgan fingerprint density at radius 3 is 1.28 bits per heavy atom. The molecule has 1 nitrogen and oxygen atoms in total. The summed E-state index contributed by atoms with van der Waals surface area (Å²) >= 11 is 0. The lowest BCUT2D eigenvalue weighted by Crippen LogP contribution is -1.88. The first-order chi connectivity index (χ1) is 14.4. The molecule has 0 saturated heterocycles. The van der Waals surface area contributed by atoms with Crippen molar-refractivity contribution in [2.45, 2.75) is 0 Å². The lowest BCUT2D eigenvalue weighted by atomic mass is 10.0. The van der Waals surface area contributed by atoms with E-state index in [0.29, 0.717) is 0 Å². The van der Waals surface area contributed by atoms with Crippen molar-refractivity contribution >= 4 is 43.1 Å². The van der Waals surface area contributed by atoms with Crippen LogP contribution in [0.2, 0.25) is 0 Å². The maximum Gasteiger partial charge on any atom is 0.135 e. The van der Waals surface area contributed by atoms with Crippen LogP contribution in [-0.2, 0) is 0 Å². The first kappa shape index (κ1) is 16.1. The minimum absolute atomic E-state index is 0.883. The normalized spacial score (nSPS) is 11.4. The van der Waals surface area contributed by atoms with Gasteiger partial charge < -0.3 is 4.74 Å². The summed E-state index contributed by atoms with van der Waals surface area (Å²) in [6.45, 7) is 0.